The van der Waals surface area contributed by atoms with Gasteiger partial charge >= 0.3 is 0 Å². The van der Waals surface area contributed by atoms with Crippen LogP contribution in [0.3, 0.4) is 0 Å². The summed E-state index contributed by atoms with van der Waals surface area (Å²) < 4.78 is 5.24. The lowest BCUT2D eigenvalue weighted by Gasteiger charge is -2.22. The number of rotatable bonds is 2. The molecule has 1 aromatic carbocycles. The van der Waals surface area contributed by atoms with E-state index >= 15 is 0 Å². The zero-order valence-electron chi connectivity index (χ0n) is 13.4. The molecule has 1 atom stereocenters. The SMILES string of the molecule is Cc1noc(C)c1-c1ccc2c(c1)C(O)(c1ccccn1)C(=O)C2. The molecular weight excluding hydrogens is 304 g/mol. The average molecular weight is 320 g/mol. The lowest BCUT2D eigenvalue weighted by molar-refractivity contribution is -0.132. The summed E-state index contributed by atoms with van der Waals surface area (Å²) in [7, 11) is 0. The molecule has 2 aromatic heterocycles. The van der Waals surface area contributed by atoms with Crippen LogP contribution in [-0.2, 0) is 16.8 Å². The summed E-state index contributed by atoms with van der Waals surface area (Å²) in [5.74, 6) is 0.449. The number of carbonyl (C=O) groups is 1. The molecule has 0 amide bonds. The van der Waals surface area contributed by atoms with E-state index in [-0.39, 0.29) is 12.2 Å². The highest BCUT2D eigenvalue weighted by Gasteiger charge is 2.47. The summed E-state index contributed by atoms with van der Waals surface area (Å²) in [4.78, 5) is 16.8. The van der Waals surface area contributed by atoms with Gasteiger partial charge < -0.3 is 9.63 Å². The van der Waals surface area contributed by atoms with Crippen LogP contribution in [0.4, 0.5) is 0 Å². The molecule has 0 saturated carbocycles. The average Bonchev–Trinajstić information content (AvgIpc) is 3.06. The quantitative estimate of drug-likeness (QED) is 0.785. The summed E-state index contributed by atoms with van der Waals surface area (Å²) >= 11 is 0. The molecule has 120 valence electrons. The Morgan fingerprint density at radius 2 is 2.04 bits per heavy atom. The number of pyridine rings is 1. The third-order valence-electron chi connectivity index (χ3n) is 4.61. The van der Waals surface area contributed by atoms with Gasteiger partial charge in [-0.05, 0) is 43.2 Å². The maximum atomic E-state index is 12.6. The maximum absolute atomic E-state index is 12.6. The van der Waals surface area contributed by atoms with Crippen molar-refractivity contribution in [2.75, 3.05) is 0 Å². The Hall–Kier alpha value is -2.79. The highest BCUT2D eigenvalue weighted by molar-refractivity contribution is 5.98. The maximum Gasteiger partial charge on any atom is 0.191 e. The first-order chi connectivity index (χ1) is 11.5. The Morgan fingerprint density at radius 3 is 2.71 bits per heavy atom. The number of Topliss-reactive ketones (excluding diaryl/α,β-unsaturated/α-hetero) is 1. The molecule has 5 heteroatoms. The number of hydrogen-bond donors (Lipinski definition) is 1. The fourth-order valence-electron chi connectivity index (χ4n) is 3.43. The minimum absolute atomic E-state index is 0.199. The highest BCUT2D eigenvalue weighted by Crippen LogP contribution is 2.41. The van der Waals surface area contributed by atoms with E-state index in [0.29, 0.717) is 17.0 Å². The molecule has 1 aliphatic carbocycles. The van der Waals surface area contributed by atoms with Crippen molar-refractivity contribution in [1.29, 1.82) is 0 Å². The predicted octanol–water partition coefficient (Wildman–Crippen LogP) is 2.71. The summed E-state index contributed by atoms with van der Waals surface area (Å²) in [5.41, 5.74) is 2.59. The third-order valence-corrected chi connectivity index (χ3v) is 4.61. The topological polar surface area (TPSA) is 76.2 Å². The molecule has 0 radical (unpaired) electrons. The largest absolute Gasteiger partial charge is 0.372 e. The molecule has 0 saturated heterocycles. The van der Waals surface area contributed by atoms with E-state index in [1.165, 1.54) is 0 Å². The highest BCUT2D eigenvalue weighted by atomic mass is 16.5. The van der Waals surface area contributed by atoms with E-state index in [4.69, 9.17) is 4.52 Å². The summed E-state index contributed by atoms with van der Waals surface area (Å²) in [6, 6.07) is 10.9. The molecule has 1 N–H and O–H groups in total. The second kappa shape index (κ2) is 5.11. The van der Waals surface area contributed by atoms with Crippen molar-refractivity contribution in [2.24, 2.45) is 0 Å². The van der Waals surface area contributed by atoms with Crippen molar-refractivity contribution in [3.8, 4) is 11.1 Å². The standard InChI is InChI=1S/C19H16N2O3/c1-11-18(12(2)24-21-11)14-7-6-13-10-17(22)19(23,15(13)9-14)16-5-3-4-8-20-16/h3-9,23H,10H2,1-2H3. The fraction of sp³-hybridized carbons (Fsp3) is 0.211. The Balaban J connectivity index is 1.93. The van der Waals surface area contributed by atoms with Gasteiger partial charge in [-0.15, -0.1) is 0 Å². The van der Waals surface area contributed by atoms with Crippen molar-refractivity contribution in [2.45, 2.75) is 25.9 Å². The number of fused-ring (bicyclic) bond motifs is 1. The van der Waals surface area contributed by atoms with E-state index in [0.717, 1.165) is 22.4 Å². The molecule has 1 aliphatic rings. The number of aromatic nitrogens is 2. The van der Waals surface area contributed by atoms with Gasteiger partial charge in [-0.3, -0.25) is 9.78 Å². The molecule has 0 bridgehead atoms. The second-order valence-corrected chi connectivity index (χ2v) is 6.10. The van der Waals surface area contributed by atoms with Gasteiger partial charge in [0.05, 0.1) is 11.4 Å². The van der Waals surface area contributed by atoms with Crippen molar-refractivity contribution in [1.82, 2.24) is 10.1 Å². The predicted molar refractivity (Wildman–Crippen MR) is 87.4 cm³/mol. The molecule has 4 rings (SSSR count). The van der Waals surface area contributed by atoms with Crippen LogP contribution >= 0.6 is 0 Å². The number of aliphatic hydroxyl groups is 1. The lowest BCUT2D eigenvalue weighted by Crippen LogP contribution is -2.34. The first-order valence-electron chi connectivity index (χ1n) is 7.75. The van der Waals surface area contributed by atoms with Crippen LogP contribution in [0.5, 0.6) is 0 Å². The number of hydrogen-bond acceptors (Lipinski definition) is 5. The van der Waals surface area contributed by atoms with E-state index < -0.39 is 5.60 Å². The minimum Gasteiger partial charge on any atom is -0.372 e. The summed E-state index contributed by atoms with van der Waals surface area (Å²) in [6.07, 6.45) is 1.78. The van der Waals surface area contributed by atoms with Crippen molar-refractivity contribution in [3.05, 3.63) is 70.9 Å². The first kappa shape index (κ1) is 14.8. The van der Waals surface area contributed by atoms with Gasteiger partial charge in [0.25, 0.3) is 0 Å². The Labute approximate surface area is 139 Å². The normalized spacial score (nSPS) is 19.5. The Kier molecular flexibility index (Phi) is 3.15. The number of benzene rings is 1. The summed E-state index contributed by atoms with van der Waals surface area (Å²) in [6.45, 7) is 3.72. The molecule has 2 heterocycles. The minimum atomic E-state index is -1.70. The smallest absolute Gasteiger partial charge is 0.191 e. The van der Waals surface area contributed by atoms with Crippen LogP contribution in [0.1, 0.15) is 28.3 Å². The van der Waals surface area contributed by atoms with Gasteiger partial charge in [0.15, 0.2) is 11.4 Å². The third kappa shape index (κ3) is 1.95. The lowest BCUT2D eigenvalue weighted by atomic mass is 9.89. The van der Waals surface area contributed by atoms with Crippen molar-refractivity contribution >= 4 is 5.78 Å². The number of nitrogens with zero attached hydrogens (tertiary/aromatic N) is 2. The van der Waals surface area contributed by atoms with Crippen LogP contribution in [0.25, 0.3) is 11.1 Å². The van der Waals surface area contributed by atoms with Gasteiger partial charge in [0.1, 0.15) is 5.76 Å². The summed E-state index contributed by atoms with van der Waals surface area (Å²) in [5, 5.41) is 15.2. The first-order valence-corrected chi connectivity index (χ1v) is 7.75. The van der Waals surface area contributed by atoms with E-state index in [9.17, 15) is 9.90 Å². The van der Waals surface area contributed by atoms with Crippen LogP contribution in [-0.4, -0.2) is 21.0 Å². The molecule has 0 spiro atoms. The van der Waals surface area contributed by atoms with Gasteiger partial charge in [-0.2, -0.15) is 0 Å². The molecule has 0 aliphatic heterocycles. The van der Waals surface area contributed by atoms with Crippen LogP contribution in [0, 0.1) is 13.8 Å². The Morgan fingerprint density at radius 1 is 1.21 bits per heavy atom. The van der Waals surface area contributed by atoms with Gasteiger partial charge in [-0.1, -0.05) is 23.4 Å². The molecule has 5 nitrogen and oxygen atoms in total. The molecule has 3 aromatic rings. The number of ketones is 1. The van der Waals surface area contributed by atoms with E-state index in [2.05, 4.69) is 10.1 Å². The Bertz CT molecular complexity index is 927. The second-order valence-electron chi connectivity index (χ2n) is 6.10. The van der Waals surface area contributed by atoms with E-state index in [1.54, 1.807) is 24.4 Å². The molecule has 0 fully saturated rings. The zero-order valence-corrected chi connectivity index (χ0v) is 13.4. The number of carbonyl (C=O) groups excluding carboxylic acids is 1. The molecular formula is C19H16N2O3. The molecule has 1 unspecified atom stereocenters. The number of aryl methyl sites for hydroxylation is 2. The van der Waals surface area contributed by atoms with Crippen molar-refractivity contribution < 1.29 is 14.4 Å². The van der Waals surface area contributed by atoms with Crippen LogP contribution < -0.4 is 0 Å². The van der Waals surface area contributed by atoms with Crippen LogP contribution in [0.2, 0.25) is 0 Å². The zero-order chi connectivity index (χ0) is 16.9. The van der Waals surface area contributed by atoms with Gasteiger partial charge in [-0.25, -0.2) is 0 Å². The van der Waals surface area contributed by atoms with Gasteiger partial charge in [0.2, 0.25) is 0 Å². The fourth-order valence-corrected chi connectivity index (χ4v) is 3.43. The molecule has 24 heavy (non-hydrogen) atoms. The monoisotopic (exact) mass is 320 g/mol. The van der Waals surface area contributed by atoms with Crippen molar-refractivity contribution in [3.63, 3.8) is 0 Å². The van der Waals surface area contributed by atoms with Gasteiger partial charge in [0, 0.05) is 23.7 Å². The van der Waals surface area contributed by atoms with E-state index in [1.807, 2.05) is 32.0 Å². The van der Waals surface area contributed by atoms with Crippen LogP contribution in [0.15, 0.2) is 47.1 Å².